The van der Waals surface area contributed by atoms with E-state index >= 15 is 0 Å². The molecule has 2 rings (SSSR count). The SMILES string of the molecule is NC12CCCCC1CCC2O. The van der Waals surface area contributed by atoms with E-state index in [0.29, 0.717) is 5.92 Å². The summed E-state index contributed by atoms with van der Waals surface area (Å²) in [6.07, 6.45) is 6.68. The number of hydrogen-bond donors (Lipinski definition) is 2. The highest BCUT2D eigenvalue weighted by Gasteiger charge is 2.47. The normalized spacial score (nSPS) is 50.7. The summed E-state index contributed by atoms with van der Waals surface area (Å²) in [5.41, 5.74) is 5.96. The van der Waals surface area contributed by atoms with Crippen molar-refractivity contribution in [2.75, 3.05) is 0 Å². The highest BCUT2D eigenvalue weighted by molar-refractivity contribution is 5.04. The first kappa shape index (κ1) is 7.56. The van der Waals surface area contributed by atoms with Gasteiger partial charge >= 0.3 is 0 Å². The third-order valence-corrected chi connectivity index (χ3v) is 3.58. The molecule has 64 valence electrons. The lowest BCUT2D eigenvalue weighted by Crippen LogP contribution is -2.53. The van der Waals surface area contributed by atoms with Crippen LogP contribution in [0.1, 0.15) is 38.5 Å². The Labute approximate surface area is 67.8 Å². The number of rotatable bonds is 0. The third kappa shape index (κ3) is 1.00. The molecular formula is C9H17NO. The van der Waals surface area contributed by atoms with Crippen molar-refractivity contribution in [2.24, 2.45) is 11.7 Å². The van der Waals surface area contributed by atoms with Gasteiger partial charge in [0, 0.05) is 5.54 Å². The Kier molecular flexibility index (Phi) is 1.69. The lowest BCUT2D eigenvalue weighted by atomic mass is 9.75. The number of hydrogen-bond acceptors (Lipinski definition) is 2. The molecule has 11 heavy (non-hydrogen) atoms. The molecule has 2 fully saturated rings. The van der Waals surface area contributed by atoms with Crippen LogP contribution in [0.3, 0.4) is 0 Å². The molecule has 3 atom stereocenters. The standard InChI is InChI=1S/C9H17NO/c10-9-6-2-1-3-7(9)4-5-8(9)11/h7-8,11H,1-6,10H2. The molecular weight excluding hydrogens is 138 g/mol. The average molecular weight is 155 g/mol. The van der Waals surface area contributed by atoms with Crippen LogP contribution in [0.2, 0.25) is 0 Å². The van der Waals surface area contributed by atoms with Crippen LogP contribution >= 0.6 is 0 Å². The molecule has 0 amide bonds. The zero-order valence-electron chi connectivity index (χ0n) is 6.92. The Bertz CT molecular complexity index is 158. The monoisotopic (exact) mass is 155 g/mol. The fraction of sp³-hybridized carbons (Fsp3) is 1.00. The van der Waals surface area contributed by atoms with Crippen LogP contribution in [0.15, 0.2) is 0 Å². The Balaban J connectivity index is 2.16. The largest absolute Gasteiger partial charge is 0.391 e. The van der Waals surface area contributed by atoms with Gasteiger partial charge in [-0.3, -0.25) is 0 Å². The second kappa shape index (κ2) is 2.46. The summed E-state index contributed by atoms with van der Waals surface area (Å²) in [6, 6.07) is 0. The van der Waals surface area contributed by atoms with Crippen LogP contribution in [0.5, 0.6) is 0 Å². The summed E-state index contributed by atoms with van der Waals surface area (Å²) in [5.74, 6) is 0.617. The predicted molar refractivity (Wildman–Crippen MR) is 44.1 cm³/mol. The van der Waals surface area contributed by atoms with Gasteiger partial charge in [0.2, 0.25) is 0 Å². The second-order valence-corrected chi connectivity index (χ2v) is 4.15. The fourth-order valence-corrected chi connectivity index (χ4v) is 2.77. The van der Waals surface area contributed by atoms with Crippen LogP contribution in [0, 0.1) is 5.92 Å². The van der Waals surface area contributed by atoms with Crippen molar-refractivity contribution in [2.45, 2.75) is 50.2 Å². The van der Waals surface area contributed by atoms with E-state index in [1.54, 1.807) is 0 Å². The van der Waals surface area contributed by atoms with Crippen molar-refractivity contribution in [3.63, 3.8) is 0 Å². The van der Waals surface area contributed by atoms with Crippen molar-refractivity contribution in [3.05, 3.63) is 0 Å². The first-order chi connectivity index (χ1) is 5.23. The van der Waals surface area contributed by atoms with Crippen LogP contribution in [-0.4, -0.2) is 16.7 Å². The van der Waals surface area contributed by atoms with Gasteiger partial charge in [-0.15, -0.1) is 0 Å². The van der Waals surface area contributed by atoms with Gasteiger partial charge in [0.15, 0.2) is 0 Å². The lowest BCUT2D eigenvalue weighted by molar-refractivity contribution is 0.0679. The van der Waals surface area contributed by atoms with Crippen molar-refractivity contribution >= 4 is 0 Å². The maximum Gasteiger partial charge on any atom is 0.0722 e. The maximum atomic E-state index is 9.66. The molecule has 0 aromatic carbocycles. The number of aliphatic hydroxyl groups excluding tert-OH is 1. The van der Waals surface area contributed by atoms with E-state index in [0.717, 1.165) is 19.3 Å². The van der Waals surface area contributed by atoms with Gasteiger partial charge in [0.05, 0.1) is 6.10 Å². The quantitative estimate of drug-likeness (QED) is 0.549. The summed E-state index contributed by atoms with van der Waals surface area (Å²) in [4.78, 5) is 0. The summed E-state index contributed by atoms with van der Waals surface area (Å²) in [6.45, 7) is 0. The molecule has 0 spiro atoms. The summed E-state index contributed by atoms with van der Waals surface area (Å²) >= 11 is 0. The van der Waals surface area contributed by atoms with E-state index in [4.69, 9.17) is 5.73 Å². The van der Waals surface area contributed by atoms with Gasteiger partial charge in [-0.2, -0.15) is 0 Å². The number of nitrogens with two attached hydrogens (primary N) is 1. The minimum absolute atomic E-state index is 0.196. The summed E-state index contributed by atoms with van der Waals surface area (Å²) < 4.78 is 0. The van der Waals surface area contributed by atoms with Crippen molar-refractivity contribution in [3.8, 4) is 0 Å². The Morgan fingerprint density at radius 2 is 2.00 bits per heavy atom. The minimum atomic E-state index is -0.215. The van der Waals surface area contributed by atoms with Gasteiger partial charge in [0.1, 0.15) is 0 Å². The molecule has 0 saturated heterocycles. The number of fused-ring (bicyclic) bond motifs is 1. The van der Waals surface area contributed by atoms with Crippen molar-refractivity contribution in [1.29, 1.82) is 0 Å². The second-order valence-electron chi connectivity index (χ2n) is 4.15. The van der Waals surface area contributed by atoms with Gasteiger partial charge < -0.3 is 10.8 Å². The zero-order chi connectivity index (χ0) is 7.90. The zero-order valence-corrected chi connectivity index (χ0v) is 6.92. The smallest absolute Gasteiger partial charge is 0.0722 e. The molecule has 0 heterocycles. The third-order valence-electron chi connectivity index (χ3n) is 3.58. The Morgan fingerprint density at radius 3 is 2.73 bits per heavy atom. The first-order valence-electron chi connectivity index (χ1n) is 4.70. The van der Waals surface area contributed by atoms with Crippen molar-refractivity contribution in [1.82, 2.24) is 0 Å². The molecule has 0 aromatic rings. The average Bonchev–Trinajstić information content (AvgIpc) is 2.29. The highest BCUT2D eigenvalue weighted by Crippen LogP contribution is 2.43. The molecule has 0 aliphatic heterocycles. The molecule has 3 unspecified atom stereocenters. The van der Waals surface area contributed by atoms with E-state index in [9.17, 15) is 5.11 Å². The van der Waals surface area contributed by atoms with Crippen LogP contribution < -0.4 is 5.73 Å². The highest BCUT2D eigenvalue weighted by atomic mass is 16.3. The van der Waals surface area contributed by atoms with Crippen molar-refractivity contribution < 1.29 is 5.11 Å². The summed E-state index contributed by atoms with van der Waals surface area (Å²) in [7, 11) is 0. The van der Waals surface area contributed by atoms with E-state index in [1.165, 1.54) is 19.3 Å². The van der Waals surface area contributed by atoms with E-state index in [2.05, 4.69) is 0 Å². The van der Waals surface area contributed by atoms with E-state index in [1.807, 2.05) is 0 Å². The van der Waals surface area contributed by atoms with Gasteiger partial charge in [-0.05, 0) is 31.6 Å². The van der Waals surface area contributed by atoms with Gasteiger partial charge in [0.25, 0.3) is 0 Å². The first-order valence-corrected chi connectivity index (χ1v) is 4.70. The fourth-order valence-electron chi connectivity index (χ4n) is 2.77. The molecule has 2 heteroatoms. The molecule has 2 nitrogen and oxygen atoms in total. The molecule has 3 N–H and O–H groups in total. The summed E-state index contributed by atoms with van der Waals surface area (Å²) in [5, 5.41) is 9.66. The van der Waals surface area contributed by atoms with Crippen LogP contribution in [0.4, 0.5) is 0 Å². The van der Waals surface area contributed by atoms with Gasteiger partial charge in [-0.25, -0.2) is 0 Å². The number of aliphatic hydroxyl groups is 1. The Morgan fingerprint density at radius 1 is 1.18 bits per heavy atom. The molecule has 2 saturated carbocycles. The molecule has 2 aliphatic rings. The van der Waals surface area contributed by atoms with Gasteiger partial charge in [-0.1, -0.05) is 12.8 Å². The maximum absolute atomic E-state index is 9.66. The molecule has 0 bridgehead atoms. The topological polar surface area (TPSA) is 46.2 Å². The molecule has 0 aromatic heterocycles. The predicted octanol–water partition coefficient (Wildman–Crippen LogP) is 1.03. The van der Waals surface area contributed by atoms with Crippen LogP contribution in [0.25, 0.3) is 0 Å². The Hall–Kier alpha value is -0.0800. The minimum Gasteiger partial charge on any atom is -0.391 e. The van der Waals surface area contributed by atoms with E-state index in [-0.39, 0.29) is 11.6 Å². The van der Waals surface area contributed by atoms with E-state index < -0.39 is 0 Å². The molecule has 0 radical (unpaired) electrons. The van der Waals surface area contributed by atoms with Crippen LogP contribution in [-0.2, 0) is 0 Å². The lowest BCUT2D eigenvalue weighted by Gasteiger charge is -2.38. The molecule has 2 aliphatic carbocycles.